The van der Waals surface area contributed by atoms with E-state index in [4.69, 9.17) is 9.47 Å². The molecule has 7 heteroatoms. The molecule has 2 aliphatic rings. The van der Waals surface area contributed by atoms with Crippen molar-refractivity contribution < 1.29 is 23.9 Å². The Morgan fingerprint density at radius 1 is 0.906 bits per heavy atom. The number of rotatable bonds is 5. The summed E-state index contributed by atoms with van der Waals surface area (Å²) in [4.78, 5) is 40.0. The summed E-state index contributed by atoms with van der Waals surface area (Å²) in [6.07, 6.45) is 0. The highest BCUT2D eigenvalue weighted by molar-refractivity contribution is 8.00. The van der Waals surface area contributed by atoms with E-state index in [1.807, 2.05) is 54.6 Å². The van der Waals surface area contributed by atoms with Crippen LogP contribution in [0.4, 0.5) is 0 Å². The molecular weight excluding hydrogens is 426 g/mol. The molecule has 0 aromatic heterocycles. The van der Waals surface area contributed by atoms with E-state index in [2.05, 4.69) is 0 Å². The smallest absolute Gasteiger partial charge is 0.316 e. The Labute approximate surface area is 189 Å². The average molecular weight is 448 g/mol. The zero-order valence-electron chi connectivity index (χ0n) is 17.3. The number of ether oxygens (including phenoxy) is 2. The minimum Gasteiger partial charge on any atom is -0.455 e. The van der Waals surface area contributed by atoms with Gasteiger partial charge in [0.05, 0.1) is 19.0 Å². The summed E-state index contributed by atoms with van der Waals surface area (Å²) in [5, 5.41) is 1.85. The Morgan fingerprint density at radius 3 is 2.47 bits per heavy atom. The van der Waals surface area contributed by atoms with E-state index in [9.17, 15) is 14.4 Å². The van der Waals surface area contributed by atoms with E-state index in [1.165, 1.54) is 11.8 Å². The first-order valence-corrected chi connectivity index (χ1v) is 11.5. The van der Waals surface area contributed by atoms with Gasteiger partial charge < -0.3 is 14.4 Å². The molecule has 162 valence electrons. The second kappa shape index (κ2) is 8.76. The fraction of sp³-hybridized carbons (Fsp3) is 0.240. The van der Waals surface area contributed by atoms with Crippen LogP contribution >= 0.6 is 11.8 Å². The summed E-state index contributed by atoms with van der Waals surface area (Å²) in [6, 6.07) is 17.3. The lowest BCUT2D eigenvalue weighted by Gasteiger charge is -2.26. The Morgan fingerprint density at radius 2 is 1.66 bits per heavy atom. The number of hydrogen-bond acceptors (Lipinski definition) is 6. The standard InChI is InChI=1S/C25H21NO5S/c27-22(26-10-12-30-13-11-26)14-31-23(28)15-32-21-9-8-17-16-4-1-2-5-18(16)25(29)20-7-3-6-19(21)24(17)20/h1-9H,10-15H2. The summed E-state index contributed by atoms with van der Waals surface area (Å²) in [5.41, 5.74) is 3.34. The number of carbonyl (C=O) groups is 3. The number of esters is 1. The molecule has 0 bridgehead atoms. The molecule has 0 unspecified atom stereocenters. The Balaban J connectivity index is 1.32. The van der Waals surface area contributed by atoms with Gasteiger partial charge in [-0.3, -0.25) is 14.4 Å². The van der Waals surface area contributed by atoms with Gasteiger partial charge >= 0.3 is 5.97 Å². The van der Waals surface area contributed by atoms with E-state index >= 15 is 0 Å². The van der Waals surface area contributed by atoms with Crippen molar-refractivity contribution in [3.63, 3.8) is 0 Å². The third kappa shape index (κ3) is 3.78. The first-order chi connectivity index (χ1) is 15.6. The predicted octanol–water partition coefficient (Wildman–Crippen LogP) is 3.55. The molecule has 6 nitrogen and oxygen atoms in total. The maximum Gasteiger partial charge on any atom is 0.316 e. The molecule has 3 aromatic carbocycles. The van der Waals surface area contributed by atoms with E-state index in [1.54, 1.807) is 4.90 Å². The van der Waals surface area contributed by atoms with Gasteiger partial charge in [0, 0.05) is 34.5 Å². The summed E-state index contributed by atoms with van der Waals surface area (Å²) in [7, 11) is 0. The van der Waals surface area contributed by atoms with Crippen molar-refractivity contribution in [3.8, 4) is 11.1 Å². The minimum atomic E-state index is -0.446. The molecule has 1 aliphatic heterocycles. The van der Waals surface area contributed by atoms with Crippen LogP contribution in [0.25, 0.3) is 21.9 Å². The molecule has 0 spiro atoms. The largest absolute Gasteiger partial charge is 0.455 e. The van der Waals surface area contributed by atoms with Crippen molar-refractivity contribution in [1.82, 2.24) is 4.90 Å². The number of fused-ring (bicyclic) bond motifs is 2. The maximum atomic E-state index is 13.0. The lowest BCUT2D eigenvalue weighted by atomic mass is 9.83. The quantitative estimate of drug-likeness (QED) is 0.344. The van der Waals surface area contributed by atoms with Gasteiger partial charge in [0.15, 0.2) is 12.4 Å². The van der Waals surface area contributed by atoms with Crippen LogP contribution < -0.4 is 0 Å². The third-order valence-electron chi connectivity index (χ3n) is 5.77. The number of ketones is 1. The molecule has 1 fully saturated rings. The van der Waals surface area contributed by atoms with Crippen molar-refractivity contribution in [1.29, 1.82) is 0 Å². The molecular formula is C25H21NO5S. The van der Waals surface area contributed by atoms with Crippen LogP contribution in [0.15, 0.2) is 59.5 Å². The number of nitrogens with zero attached hydrogens (tertiary/aromatic N) is 1. The molecule has 1 aliphatic carbocycles. The first kappa shape index (κ1) is 20.7. The van der Waals surface area contributed by atoms with Gasteiger partial charge in [-0.25, -0.2) is 0 Å². The molecule has 5 rings (SSSR count). The number of hydrogen-bond donors (Lipinski definition) is 0. The highest BCUT2D eigenvalue weighted by Gasteiger charge is 2.25. The SMILES string of the molecule is O=C(CSc1ccc2c3c(cccc13)C(=O)c1ccccc1-2)OCC(=O)N1CCOCC1. The van der Waals surface area contributed by atoms with Gasteiger partial charge in [0.2, 0.25) is 0 Å². The molecule has 1 amide bonds. The van der Waals surface area contributed by atoms with Crippen LogP contribution in [0.1, 0.15) is 15.9 Å². The Kier molecular flexibility index (Phi) is 5.68. The van der Waals surface area contributed by atoms with Gasteiger partial charge in [0.1, 0.15) is 0 Å². The van der Waals surface area contributed by atoms with Crippen LogP contribution in [-0.2, 0) is 19.1 Å². The summed E-state index contributed by atoms with van der Waals surface area (Å²) >= 11 is 1.35. The second-order valence-corrected chi connectivity index (χ2v) is 8.67. The Bertz CT molecular complexity index is 1230. The van der Waals surface area contributed by atoms with Crippen LogP contribution in [0.3, 0.4) is 0 Å². The number of morpholine rings is 1. The Hall–Kier alpha value is -3.16. The zero-order chi connectivity index (χ0) is 22.1. The first-order valence-electron chi connectivity index (χ1n) is 10.5. The monoisotopic (exact) mass is 447 g/mol. The molecule has 0 saturated carbocycles. The van der Waals surface area contributed by atoms with Crippen LogP contribution in [0.2, 0.25) is 0 Å². The topological polar surface area (TPSA) is 72.9 Å². The van der Waals surface area contributed by atoms with Crippen LogP contribution in [-0.4, -0.2) is 61.2 Å². The van der Waals surface area contributed by atoms with E-state index in [-0.39, 0.29) is 24.1 Å². The molecule has 1 heterocycles. The van der Waals surface area contributed by atoms with Gasteiger partial charge in [-0.15, -0.1) is 11.8 Å². The van der Waals surface area contributed by atoms with Crippen molar-refractivity contribution in [2.24, 2.45) is 0 Å². The van der Waals surface area contributed by atoms with Crippen molar-refractivity contribution in [3.05, 3.63) is 65.7 Å². The second-order valence-electron chi connectivity index (χ2n) is 7.66. The number of carbonyl (C=O) groups excluding carboxylic acids is 3. The predicted molar refractivity (Wildman–Crippen MR) is 122 cm³/mol. The van der Waals surface area contributed by atoms with Gasteiger partial charge in [-0.1, -0.05) is 48.5 Å². The minimum absolute atomic E-state index is 0.0156. The lowest BCUT2D eigenvalue weighted by molar-refractivity contribution is -0.151. The average Bonchev–Trinajstić information content (AvgIpc) is 2.85. The van der Waals surface area contributed by atoms with Gasteiger partial charge in [-0.2, -0.15) is 0 Å². The summed E-state index contributed by atoms with van der Waals surface area (Å²) in [5.74, 6) is -0.551. The molecule has 3 aromatic rings. The fourth-order valence-electron chi connectivity index (χ4n) is 4.21. The van der Waals surface area contributed by atoms with E-state index in [0.717, 1.165) is 26.8 Å². The van der Waals surface area contributed by atoms with Crippen LogP contribution in [0, 0.1) is 0 Å². The number of thioether (sulfide) groups is 1. The van der Waals surface area contributed by atoms with Gasteiger partial charge in [0.25, 0.3) is 5.91 Å². The summed E-state index contributed by atoms with van der Waals surface area (Å²) in [6.45, 7) is 1.80. The third-order valence-corrected chi connectivity index (χ3v) is 6.82. The van der Waals surface area contributed by atoms with Crippen LogP contribution in [0.5, 0.6) is 0 Å². The normalized spacial score (nSPS) is 14.9. The van der Waals surface area contributed by atoms with Crippen molar-refractivity contribution in [2.45, 2.75) is 4.90 Å². The highest BCUT2D eigenvalue weighted by Crippen LogP contribution is 2.42. The molecule has 1 saturated heterocycles. The highest BCUT2D eigenvalue weighted by atomic mass is 32.2. The van der Waals surface area contributed by atoms with Gasteiger partial charge in [-0.05, 0) is 22.6 Å². The number of amides is 1. The summed E-state index contributed by atoms with van der Waals surface area (Å²) < 4.78 is 10.4. The maximum absolute atomic E-state index is 13.0. The molecule has 32 heavy (non-hydrogen) atoms. The molecule has 0 atom stereocenters. The van der Waals surface area contributed by atoms with E-state index in [0.29, 0.717) is 37.4 Å². The fourth-order valence-corrected chi connectivity index (χ4v) is 5.05. The molecule has 0 N–H and O–H groups in total. The van der Waals surface area contributed by atoms with E-state index < -0.39 is 5.97 Å². The lowest BCUT2D eigenvalue weighted by Crippen LogP contribution is -2.42. The van der Waals surface area contributed by atoms with Crippen molar-refractivity contribution in [2.75, 3.05) is 38.7 Å². The van der Waals surface area contributed by atoms with Crippen molar-refractivity contribution >= 4 is 40.2 Å². The zero-order valence-corrected chi connectivity index (χ0v) is 18.2. The number of benzene rings is 3. The molecule has 0 radical (unpaired) electrons.